The summed E-state index contributed by atoms with van der Waals surface area (Å²) in [5.41, 5.74) is 2.13. The van der Waals surface area contributed by atoms with Gasteiger partial charge in [-0.1, -0.05) is 19.1 Å². The van der Waals surface area contributed by atoms with Crippen LogP contribution in [0, 0.1) is 11.6 Å². The lowest BCUT2D eigenvalue weighted by Crippen LogP contribution is -3.00. The standard InChI is InChI=1S/C26H38N6O3S2.BrH/c1-8-11-23-27-19(6)24-26(36)28-25(29-31(23)24)21-14-20(12-13-22(21)35-10-3)37(33,34)30-15-17(4)32(7,9-2)18(5)16-30;/h12-14,17-18H,8-11,15-16H2,1-7H3;1H/t17-,18+,32?;. The number of benzene rings is 1. The number of nitrogens with one attached hydrogen (secondary N) is 1. The number of ether oxygens (including phenoxy) is 1. The van der Waals surface area contributed by atoms with Crippen molar-refractivity contribution in [3.05, 3.63) is 34.4 Å². The first-order valence-corrected chi connectivity index (χ1v) is 14.9. The van der Waals surface area contributed by atoms with Gasteiger partial charge in [-0.15, -0.1) is 0 Å². The molecule has 1 fully saturated rings. The van der Waals surface area contributed by atoms with Crippen LogP contribution in [-0.2, 0) is 16.4 Å². The third-order valence-corrected chi connectivity index (χ3v) is 10.1. The van der Waals surface area contributed by atoms with Crippen LogP contribution >= 0.6 is 12.2 Å². The maximum absolute atomic E-state index is 13.9. The second kappa shape index (κ2) is 11.7. The van der Waals surface area contributed by atoms with E-state index in [1.54, 1.807) is 22.5 Å². The monoisotopic (exact) mass is 626 g/mol. The van der Waals surface area contributed by atoms with Gasteiger partial charge in [0.05, 0.1) is 49.4 Å². The van der Waals surface area contributed by atoms with Crippen LogP contribution in [0.4, 0.5) is 0 Å². The molecular weight excluding hydrogens is 588 g/mol. The minimum atomic E-state index is -3.73. The average molecular weight is 628 g/mol. The molecule has 3 heterocycles. The van der Waals surface area contributed by atoms with Crippen molar-refractivity contribution in [1.82, 2.24) is 23.9 Å². The van der Waals surface area contributed by atoms with Crippen LogP contribution in [0.5, 0.6) is 5.75 Å². The Morgan fingerprint density at radius 3 is 2.39 bits per heavy atom. The van der Waals surface area contributed by atoms with E-state index < -0.39 is 10.0 Å². The molecule has 4 rings (SSSR count). The van der Waals surface area contributed by atoms with E-state index >= 15 is 0 Å². The summed E-state index contributed by atoms with van der Waals surface area (Å²) in [5.74, 6) is 1.85. The number of aromatic nitrogens is 4. The lowest BCUT2D eigenvalue weighted by atomic mass is 10.1. The topological polar surface area (TPSA) is 92.6 Å². The molecule has 1 aromatic carbocycles. The lowest BCUT2D eigenvalue weighted by Gasteiger charge is -2.50. The summed E-state index contributed by atoms with van der Waals surface area (Å²) < 4.78 is 38.4. The van der Waals surface area contributed by atoms with Crippen molar-refractivity contribution in [3.63, 3.8) is 0 Å². The molecule has 38 heavy (non-hydrogen) atoms. The van der Waals surface area contributed by atoms with E-state index in [0.29, 0.717) is 41.5 Å². The van der Waals surface area contributed by atoms with Gasteiger partial charge >= 0.3 is 0 Å². The zero-order valence-electron chi connectivity index (χ0n) is 23.3. The number of aryl methyl sites for hydroxylation is 2. The molecule has 3 aromatic rings. The van der Waals surface area contributed by atoms with Crippen LogP contribution in [0.25, 0.3) is 16.9 Å². The van der Waals surface area contributed by atoms with Crippen LogP contribution in [0.3, 0.4) is 0 Å². The molecule has 12 heteroatoms. The molecule has 1 aliphatic heterocycles. The van der Waals surface area contributed by atoms with E-state index in [9.17, 15) is 8.42 Å². The molecule has 2 aromatic heterocycles. The Hall–Kier alpha value is -1.86. The molecule has 0 bridgehead atoms. The van der Waals surface area contributed by atoms with E-state index in [0.717, 1.165) is 40.9 Å². The Kier molecular flexibility index (Phi) is 9.45. The van der Waals surface area contributed by atoms with Crippen LogP contribution in [0.1, 0.15) is 52.6 Å². The summed E-state index contributed by atoms with van der Waals surface area (Å²) >= 11 is 5.64. The van der Waals surface area contributed by atoms with Gasteiger partial charge in [0.1, 0.15) is 29.2 Å². The largest absolute Gasteiger partial charge is 1.00 e. The molecule has 1 N–H and O–H groups in total. The van der Waals surface area contributed by atoms with Gasteiger partial charge in [0.25, 0.3) is 0 Å². The highest BCUT2D eigenvalue weighted by atomic mass is 79.9. The van der Waals surface area contributed by atoms with E-state index in [1.807, 2.05) is 18.4 Å². The Labute approximate surface area is 241 Å². The smallest absolute Gasteiger partial charge is 0.243 e. The fourth-order valence-corrected chi connectivity index (χ4v) is 7.29. The van der Waals surface area contributed by atoms with Crippen molar-refractivity contribution in [2.75, 3.05) is 33.3 Å². The minimum absolute atomic E-state index is 0. The molecule has 0 saturated carbocycles. The van der Waals surface area contributed by atoms with Crippen molar-refractivity contribution in [3.8, 4) is 17.1 Å². The predicted molar refractivity (Wildman–Crippen MR) is 148 cm³/mol. The van der Waals surface area contributed by atoms with Crippen molar-refractivity contribution in [2.24, 2.45) is 0 Å². The van der Waals surface area contributed by atoms with E-state index in [-0.39, 0.29) is 34.0 Å². The Morgan fingerprint density at radius 1 is 1.16 bits per heavy atom. The van der Waals surface area contributed by atoms with Crippen LogP contribution in [0.15, 0.2) is 23.1 Å². The summed E-state index contributed by atoms with van der Waals surface area (Å²) in [7, 11) is -1.52. The number of fused-ring (bicyclic) bond motifs is 1. The van der Waals surface area contributed by atoms with Gasteiger partial charge in [-0.25, -0.2) is 22.9 Å². The fraction of sp³-hybridized carbons (Fsp3) is 0.577. The van der Waals surface area contributed by atoms with Gasteiger partial charge in [0.2, 0.25) is 10.0 Å². The molecule has 1 unspecified atom stereocenters. The normalized spacial score (nSPS) is 22.4. The number of nitrogens with zero attached hydrogens (tertiary/aromatic N) is 5. The number of H-pyrrole nitrogens is 1. The molecule has 9 nitrogen and oxygen atoms in total. The second-order valence-corrected chi connectivity index (χ2v) is 12.5. The molecule has 210 valence electrons. The van der Waals surface area contributed by atoms with Gasteiger partial charge < -0.3 is 26.2 Å². The summed E-state index contributed by atoms with van der Waals surface area (Å²) in [5, 5.41) is 3.33. The molecule has 0 radical (unpaired) electrons. The maximum atomic E-state index is 13.9. The van der Waals surface area contributed by atoms with Crippen molar-refractivity contribution in [1.29, 1.82) is 0 Å². The van der Waals surface area contributed by atoms with Gasteiger partial charge in [-0.2, -0.15) is 4.31 Å². The fourth-order valence-electron chi connectivity index (χ4n) is 5.33. The number of piperazine rings is 1. The van der Waals surface area contributed by atoms with Crippen molar-refractivity contribution >= 4 is 27.8 Å². The van der Waals surface area contributed by atoms with Gasteiger partial charge in [0.15, 0.2) is 10.5 Å². The van der Waals surface area contributed by atoms with Crippen LogP contribution < -0.4 is 21.7 Å². The van der Waals surface area contributed by atoms with E-state index in [4.69, 9.17) is 17.0 Å². The zero-order chi connectivity index (χ0) is 27.1. The summed E-state index contributed by atoms with van der Waals surface area (Å²) in [4.78, 5) is 9.54. The Morgan fingerprint density at radius 2 is 1.82 bits per heavy atom. The van der Waals surface area contributed by atoms with Crippen molar-refractivity contribution < 1.29 is 34.6 Å². The van der Waals surface area contributed by atoms with E-state index in [2.05, 4.69) is 49.8 Å². The first-order chi connectivity index (χ1) is 17.5. The highest BCUT2D eigenvalue weighted by Crippen LogP contribution is 2.34. The summed E-state index contributed by atoms with van der Waals surface area (Å²) in [6, 6.07) is 5.36. The molecule has 0 amide bonds. The molecule has 1 saturated heterocycles. The number of imidazole rings is 1. The first kappa shape index (κ1) is 30.7. The Balaban J connectivity index is 0.00000400. The third-order valence-electron chi connectivity index (χ3n) is 8.00. The first-order valence-electron chi connectivity index (χ1n) is 13.1. The summed E-state index contributed by atoms with van der Waals surface area (Å²) in [6.07, 6.45) is 1.70. The SMILES string of the molecule is CCCc1nc(C)c2c(=S)nc(-c3cc(S(=O)(=O)N4C[C@@H](C)[N+](C)(CC)[C@@H](C)C4)ccc3OCC)[nH]n12.[Br-]. The number of hydrogen-bond acceptors (Lipinski definition) is 6. The predicted octanol–water partition coefficient (Wildman–Crippen LogP) is 1.37. The van der Waals surface area contributed by atoms with Crippen LogP contribution in [0.2, 0.25) is 0 Å². The van der Waals surface area contributed by atoms with Gasteiger partial charge in [-0.05, 0) is 59.2 Å². The molecule has 1 aliphatic rings. The number of sulfonamides is 1. The third kappa shape index (κ3) is 5.30. The van der Waals surface area contributed by atoms with Gasteiger partial charge in [0, 0.05) is 6.42 Å². The number of hydrogen-bond donors (Lipinski definition) is 1. The lowest BCUT2D eigenvalue weighted by molar-refractivity contribution is -0.955. The molecule has 3 atom stereocenters. The molecule has 0 aliphatic carbocycles. The number of likely N-dealkylation sites (N-methyl/N-ethyl adjacent to an activating group) is 1. The number of quaternary nitrogens is 1. The molecule has 0 spiro atoms. The average Bonchev–Trinajstić information content (AvgIpc) is 3.18. The van der Waals surface area contributed by atoms with Crippen molar-refractivity contribution in [2.45, 2.75) is 71.4 Å². The minimum Gasteiger partial charge on any atom is -1.00 e. The number of halogens is 1. The highest BCUT2D eigenvalue weighted by molar-refractivity contribution is 7.89. The highest BCUT2D eigenvalue weighted by Gasteiger charge is 2.44. The molecular formula is C26H39BrN6O3S2. The number of aromatic amines is 1. The zero-order valence-corrected chi connectivity index (χ0v) is 26.5. The van der Waals surface area contributed by atoms with Gasteiger partial charge in [-0.3, -0.25) is 5.10 Å². The maximum Gasteiger partial charge on any atom is 0.243 e. The quantitative estimate of drug-likeness (QED) is 0.300. The second-order valence-electron chi connectivity index (χ2n) is 10.2. The number of rotatable bonds is 8. The van der Waals surface area contributed by atoms with E-state index in [1.165, 1.54) is 0 Å². The summed E-state index contributed by atoms with van der Waals surface area (Å²) in [6.45, 7) is 14.7. The Bertz CT molecular complexity index is 1460. The van der Waals surface area contributed by atoms with Crippen LogP contribution in [-0.4, -0.2) is 82.2 Å².